The Kier molecular flexibility index (Phi) is 4.87. The number of pyridine rings is 1. The zero-order valence-electron chi connectivity index (χ0n) is 14.5. The molecule has 1 aliphatic carbocycles. The summed E-state index contributed by atoms with van der Waals surface area (Å²) in [4.78, 5) is 16.4. The molecular formula is C18H23N5O2. The van der Waals surface area contributed by atoms with E-state index in [1.807, 2.05) is 31.2 Å². The third kappa shape index (κ3) is 3.72. The summed E-state index contributed by atoms with van der Waals surface area (Å²) in [6, 6.07) is 9.00. The normalized spacial score (nSPS) is 13.4. The largest absolute Gasteiger partial charge is 0.487 e. The summed E-state index contributed by atoms with van der Waals surface area (Å²) in [6.45, 7) is 2.20. The first-order valence-electron chi connectivity index (χ1n) is 8.22. The Bertz CT molecular complexity index is 774. The van der Waals surface area contributed by atoms with E-state index >= 15 is 0 Å². The number of hydrogen-bond donors (Lipinski definition) is 2. The van der Waals surface area contributed by atoms with Gasteiger partial charge in [0.1, 0.15) is 12.4 Å². The van der Waals surface area contributed by atoms with E-state index in [0.717, 1.165) is 34.1 Å². The van der Waals surface area contributed by atoms with E-state index in [2.05, 4.69) is 11.1 Å². The van der Waals surface area contributed by atoms with Gasteiger partial charge in [-0.15, -0.1) is 0 Å². The molecule has 0 radical (unpaired) electrons. The van der Waals surface area contributed by atoms with Crippen molar-refractivity contribution in [3.63, 3.8) is 0 Å². The molecule has 0 saturated heterocycles. The minimum atomic E-state index is -0.494. The number of rotatable bonds is 5. The van der Waals surface area contributed by atoms with Crippen molar-refractivity contribution in [2.45, 2.75) is 32.3 Å². The van der Waals surface area contributed by atoms with Crippen LogP contribution in [0.2, 0.25) is 0 Å². The molecule has 2 amide bonds. The number of urea groups is 1. The number of amides is 2. The molecule has 7 nitrogen and oxygen atoms in total. The van der Waals surface area contributed by atoms with E-state index < -0.39 is 6.03 Å². The molecule has 25 heavy (non-hydrogen) atoms. The SMILES string of the molecule is Cc1ncccc1OCc1c(C2CC2)cccc1N(N)C(=O)N(C)N. The molecule has 1 heterocycles. The third-order valence-electron chi connectivity index (χ3n) is 4.30. The van der Waals surface area contributed by atoms with E-state index in [4.69, 9.17) is 16.4 Å². The van der Waals surface area contributed by atoms with Crippen LogP contribution in [0.3, 0.4) is 0 Å². The predicted molar refractivity (Wildman–Crippen MR) is 95.7 cm³/mol. The predicted octanol–water partition coefficient (Wildman–Crippen LogP) is 2.45. The average Bonchev–Trinajstić information content (AvgIpc) is 3.44. The van der Waals surface area contributed by atoms with Gasteiger partial charge in [0.05, 0.1) is 11.4 Å². The number of carbonyl (C=O) groups is 1. The van der Waals surface area contributed by atoms with Gasteiger partial charge in [-0.3, -0.25) is 9.99 Å². The maximum absolute atomic E-state index is 12.2. The van der Waals surface area contributed by atoms with Gasteiger partial charge in [0.25, 0.3) is 0 Å². The fourth-order valence-electron chi connectivity index (χ4n) is 2.80. The fourth-order valence-corrected chi connectivity index (χ4v) is 2.80. The van der Waals surface area contributed by atoms with Crippen LogP contribution in [0.15, 0.2) is 36.5 Å². The van der Waals surface area contributed by atoms with Gasteiger partial charge in [0.2, 0.25) is 0 Å². The second-order valence-corrected chi connectivity index (χ2v) is 6.26. The first-order valence-corrected chi connectivity index (χ1v) is 8.22. The van der Waals surface area contributed by atoms with Crippen LogP contribution < -0.4 is 21.4 Å². The van der Waals surface area contributed by atoms with Crippen molar-refractivity contribution in [3.8, 4) is 5.75 Å². The lowest BCUT2D eigenvalue weighted by Gasteiger charge is -2.25. The fraction of sp³-hybridized carbons (Fsp3) is 0.333. The van der Waals surface area contributed by atoms with Crippen LogP contribution >= 0.6 is 0 Å². The maximum Gasteiger partial charge on any atom is 0.352 e. The maximum atomic E-state index is 12.2. The van der Waals surface area contributed by atoms with Crippen LogP contribution in [0.1, 0.15) is 35.6 Å². The lowest BCUT2D eigenvalue weighted by atomic mass is 10.0. The molecule has 0 atom stereocenters. The van der Waals surface area contributed by atoms with Crippen LogP contribution in [-0.2, 0) is 6.61 Å². The van der Waals surface area contributed by atoms with Gasteiger partial charge in [0, 0.05) is 18.8 Å². The Morgan fingerprint density at radius 2 is 2.04 bits per heavy atom. The molecule has 0 unspecified atom stereocenters. The first kappa shape index (κ1) is 17.2. The van der Waals surface area contributed by atoms with Crippen molar-refractivity contribution in [1.82, 2.24) is 9.99 Å². The Morgan fingerprint density at radius 3 is 2.68 bits per heavy atom. The number of hydrogen-bond acceptors (Lipinski definition) is 5. The van der Waals surface area contributed by atoms with Crippen molar-refractivity contribution in [2.24, 2.45) is 11.7 Å². The van der Waals surface area contributed by atoms with Crippen molar-refractivity contribution < 1.29 is 9.53 Å². The first-order chi connectivity index (χ1) is 12.0. The van der Waals surface area contributed by atoms with E-state index in [0.29, 0.717) is 24.0 Å². The summed E-state index contributed by atoms with van der Waals surface area (Å²) in [7, 11) is 1.46. The molecule has 1 aromatic carbocycles. The highest BCUT2D eigenvalue weighted by molar-refractivity contribution is 5.91. The molecule has 1 aromatic heterocycles. The van der Waals surface area contributed by atoms with Gasteiger partial charge in [-0.1, -0.05) is 12.1 Å². The monoisotopic (exact) mass is 341 g/mol. The highest BCUT2D eigenvalue weighted by atomic mass is 16.5. The Balaban J connectivity index is 1.92. The molecule has 7 heteroatoms. The minimum absolute atomic E-state index is 0.309. The summed E-state index contributed by atoms with van der Waals surface area (Å²) in [5.74, 6) is 12.8. The van der Waals surface area contributed by atoms with E-state index in [1.54, 1.807) is 6.20 Å². The molecule has 2 aromatic rings. The van der Waals surface area contributed by atoms with Crippen molar-refractivity contribution >= 4 is 11.7 Å². The molecule has 0 spiro atoms. The van der Waals surface area contributed by atoms with Crippen LogP contribution in [0.5, 0.6) is 5.75 Å². The van der Waals surface area contributed by atoms with Gasteiger partial charge in [-0.05, 0) is 49.4 Å². The average molecular weight is 341 g/mol. The van der Waals surface area contributed by atoms with Gasteiger partial charge in [-0.2, -0.15) is 0 Å². The molecule has 0 aliphatic heterocycles. The molecule has 1 fully saturated rings. The number of carbonyl (C=O) groups excluding carboxylic acids is 1. The van der Waals surface area contributed by atoms with Crippen LogP contribution in [-0.4, -0.2) is 23.1 Å². The Hall–Kier alpha value is -2.64. The van der Waals surface area contributed by atoms with Gasteiger partial charge >= 0.3 is 6.03 Å². The van der Waals surface area contributed by atoms with Gasteiger partial charge in [-0.25, -0.2) is 21.5 Å². The summed E-state index contributed by atoms with van der Waals surface area (Å²) < 4.78 is 5.97. The van der Waals surface area contributed by atoms with Crippen molar-refractivity contribution in [2.75, 3.05) is 12.1 Å². The molecule has 1 saturated carbocycles. The molecular weight excluding hydrogens is 318 g/mol. The molecule has 0 bridgehead atoms. The number of nitrogens with zero attached hydrogens (tertiary/aromatic N) is 3. The van der Waals surface area contributed by atoms with Crippen LogP contribution in [0.25, 0.3) is 0 Å². The highest BCUT2D eigenvalue weighted by Gasteiger charge is 2.29. The quantitative estimate of drug-likeness (QED) is 0.494. The van der Waals surface area contributed by atoms with E-state index in [1.165, 1.54) is 12.6 Å². The molecule has 132 valence electrons. The zero-order valence-corrected chi connectivity index (χ0v) is 14.5. The topological polar surface area (TPSA) is 97.7 Å². The minimum Gasteiger partial charge on any atom is -0.487 e. The highest BCUT2D eigenvalue weighted by Crippen LogP contribution is 2.44. The van der Waals surface area contributed by atoms with Gasteiger partial charge in [0.15, 0.2) is 0 Å². The summed E-state index contributed by atoms with van der Waals surface area (Å²) in [6.07, 6.45) is 4.00. The number of anilines is 1. The summed E-state index contributed by atoms with van der Waals surface area (Å²) in [5, 5.41) is 2.03. The van der Waals surface area contributed by atoms with E-state index in [9.17, 15) is 4.79 Å². The zero-order chi connectivity index (χ0) is 18.0. The smallest absolute Gasteiger partial charge is 0.352 e. The van der Waals surface area contributed by atoms with Crippen LogP contribution in [0, 0.1) is 6.92 Å². The van der Waals surface area contributed by atoms with Gasteiger partial charge < -0.3 is 4.74 Å². The van der Waals surface area contributed by atoms with Crippen LogP contribution in [0.4, 0.5) is 10.5 Å². The van der Waals surface area contributed by atoms with Crippen molar-refractivity contribution in [1.29, 1.82) is 0 Å². The number of aryl methyl sites for hydroxylation is 1. The second-order valence-electron chi connectivity index (χ2n) is 6.26. The summed E-state index contributed by atoms with van der Waals surface area (Å²) >= 11 is 0. The van der Waals surface area contributed by atoms with Crippen molar-refractivity contribution in [3.05, 3.63) is 53.3 Å². The number of aromatic nitrogens is 1. The molecule has 1 aliphatic rings. The number of ether oxygens (including phenoxy) is 1. The lowest BCUT2D eigenvalue weighted by Crippen LogP contribution is -2.49. The number of benzene rings is 1. The standard InChI is InChI=1S/C18H23N5O2/c1-12-17(7-4-10-21-12)25-11-15-14(13-8-9-13)5-3-6-16(15)23(20)18(24)22(2)19/h3-7,10,13H,8-9,11,19-20H2,1-2H3. The molecule has 3 rings (SSSR count). The Morgan fingerprint density at radius 1 is 1.28 bits per heavy atom. The Labute approximate surface area is 147 Å². The molecule has 4 N–H and O–H groups in total. The third-order valence-corrected chi connectivity index (χ3v) is 4.30. The second kappa shape index (κ2) is 7.08. The summed E-state index contributed by atoms with van der Waals surface area (Å²) in [5.41, 5.74) is 3.50. The van der Waals surface area contributed by atoms with E-state index in [-0.39, 0.29) is 0 Å². The number of hydrazine groups is 2. The number of nitrogens with two attached hydrogens (primary N) is 2. The lowest BCUT2D eigenvalue weighted by molar-refractivity contribution is 0.216.